The fourth-order valence-corrected chi connectivity index (χ4v) is 4.34. The largest absolute Gasteiger partial charge is 0.340 e. The third kappa shape index (κ3) is 6.23. The van der Waals surface area contributed by atoms with Crippen LogP contribution in [0.2, 0.25) is 10.0 Å². The number of halogens is 2. The fraction of sp³-hybridized carbons (Fsp3) is 0.280. The number of aryl methyl sites for hydroxylation is 1. The third-order valence-electron chi connectivity index (χ3n) is 5.88. The van der Waals surface area contributed by atoms with Crippen molar-refractivity contribution in [3.8, 4) is 0 Å². The number of amides is 3. The van der Waals surface area contributed by atoms with Gasteiger partial charge < -0.3 is 15.5 Å². The van der Waals surface area contributed by atoms with E-state index in [-0.39, 0.29) is 23.2 Å². The molecule has 2 heterocycles. The molecule has 0 radical (unpaired) electrons. The molecule has 11 heteroatoms. The third-order valence-corrected chi connectivity index (χ3v) is 6.45. The van der Waals surface area contributed by atoms with Gasteiger partial charge in [-0.15, -0.1) is 0 Å². The number of piperazine rings is 1. The van der Waals surface area contributed by atoms with Crippen LogP contribution in [0.3, 0.4) is 0 Å². The Morgan fingerprint density at radius 3 is 2.39 bits per heavy atom. The van der Waals surface area contributed by atoms with Crippen LogP contribution < -0.4 is 10.6 Å². The Labute approximate surface area is 219 Å². The summed E-state index contributed by atoms with van der Waals surface area (Å²) in [5.41, 5.74) is 2.10. The van der Waals surface area contributed by atoms with E-state index < -0.39 is 5.91 Å². The van der Waals surface area contributed by atoms with Crippen LogP contribution in [0.15, 0.2) is 48.7 Å². The van der Waals surface area contributed by atoms with Gasteiger partial charge in [-0.1, -0.05) is 35.3 Å². The first kappa shape index (κ1) is 25.7. The van der Waals surface area contributed by atoms with E-state index in [0.29, 0.717) is 40.9 Å². The first-order chi connectivity index (χ1) is 17.2. The molecule has 1 aliphatic rings. The first-order valence-electron chi connectivity index (χ1n) is 11.4. The van der Waals surface area contributed by atoms with Crippen LogP contribution in [-0.4, -0.2) is 63.5 Å². The summed E-state index contributed by atoms with van der Waals surface area (Å²) in [7, 11) is 1.66. The second kappa shape index (κ2) is 11.1. The highest BCUT2D eigenvalue weighted by Crippen LogP contribution is 2.26. The van der Waals surface area contributed by atoms with Gasteiger partial charge in [0, 0.05) is 63.5 Å². The molecule has 1 aliphatic heterocycles. The summed E-state index contributed by atoms with van der Waals surface area (Å²) in [4.78, 5) is 41.6. The summed E-state index contributed by atoms with van der Waals surface area (Å²) >= 11 is 12.2. The van der Waals surface area contributed by atoms with E-state index in [1.54, 1.807) is 38.4 Å². The van der Waals surface area contributed by atoms with Crippen LogP contribution in [0.5, 0.6) is 0 Å². The number of hydrogen-bond donors (Lipinski definition) is 2. The number of benzene rings is 2. The summed E-state index contributed by atoms with van der Waals surface area (Å²) in [6, 6.07) is 12.1. The SMILES string of the molecule is CC(=O)N1CCN(Cc2cccc(C(=O)Nc3cn(C)nc3C(=O)Nc3cc(Cl)ccc3Cl)c2)CC1. The Kier molecular flexibility index (Phi) is 7.93. The van der Waals surface area contributed by atoms with Crippen LogP contribution in [0.25, 0.3) is 0 Å². The van der Waals surface area contributed by atoms with E-state index in [1.165, 1.54) is 10.7 Å². The summed E-state index contributed by atoms with van der Waals surface area (Å²) in [5.74, 6) is -0.804. The summed E-state index contributed by atoms with van der Waals surface area (Å²) < 4.78 is 1.45. The van der Waals surface area contributed by atoms with Crippen molar-refractivity contribution in [1.82, 2.24) is 19.6 Å². The van der Waals surface area contributed by atoms with Crippen molar-refractivity contribution in [2.45, 2.75) is 13.5 Å². The van der Waals surface area contributed by atoms with Crippen molar-refractivity contribution in [2.75, 3.05) is 36.8 Å². The number of nitrogens with zero attached hydrogens (tertiary/aromatic N) is 4. The number of carbonyl (C=O) groups excluding carboxylic acids is 3. The van der Waals surface area contributed by atoms with E-state index in [4.69, 9.17) is 23.2 Å². The Morgan fingerprint density at radius 2 is 1.67 bits per heavy atom. The smallest absolute Gasteiger partial charge is 0.278 e. The number of rotatable bonds is 6. The highest BCUT2D eigenvalue weighted by molar-refractivity contribution is 6.36. The Hall–Kier alpha value is -3.40. The quantitative estimate of drug-likeness (QED) is 0.505. The van der Waals surface area contributed by atoms with Crippen molar-refractivity contribution in [1.29, 1.82) is 0 Å². The van der Waals surface area contributed by atoms with Gasteiger partial charge in [0.15, 0.2) is 5.69 Å². The number of hydrogen-bond acceptors (Lipinski definition) is 5. The van der Waals surface area contributed by atoms with Gasteiger partial charge in [-0.05, 0) is 35.9 Å². The molecule has 0 spiro atoms. The lowest BCUT2D eigenvalue weighted by Crippen LogP contribution is -2.47. The number of aromatic nitrogens is 2. The average molecular weight is 529 g/mol. The van der Waals surface area contributed by atoms with Crippen LogP contribution in [0.4, 0.5) is 11.4 Å². The molecule has 0 aliphatic carbocycles. The molecule has 36 heavy (non-hydrogen) atoms. The van der Waals surface area contributed by atoms with Crippen LogP contribution >= 0.6 is 23.2 Å². The number of nitrogens with one attached hydrogen (secondary N) is 2. The summed E-state index contributed by atoms with van der Waals surface area (Å²) in [5, 5.41) is 10.4. The molecule has 0 unspecified atom stereocenters. The maximum absolute atomic E-state index is 13.0. The summed E-state index contributed by atoms with van der Waals surface area (Å²) in [6.45, 7) is 5.21. The lowest BCUT2D eigenvalue weighted by Gasteiger charge is -2.34. The maximum atomic E-state index is 13.0. The maximum Gasteiger partial charge on any atom is 0.278 e. The van der Waals surface area contributed by atoms with Crippen molar-refractivity contribution < 1.29 is 14.4 Å². The minimum atomic E-state index is -0.534. The van der Waals surface area contributed by atoms with E-state index in [0.717, 1.165) is 18.7 Å². The molecule has 9 nitrogen and oxygen atoms in total. The highest BCUT2D eigenvalue weighted by Gasteiger charge is 2.21. The lowest BCUT2D eigenvalue weighted by molar-refractivity contribution is -0.130. The zero-order valence-corrected chi connectivity index (χ0v) is 21.4. The molecule has 1 saturated heterocycles. The molecule has 1 fully saturated rings. The van der Waals surface area contributed by atoms with Gasteiger partial charge in [0.25, 0.3) is 11.8 Å². The second-order valence-corrected chi connectivity index (χ2v) is 9.42. The summed E-state index contributed by atoms with van der Waals surface area (Å²) in [6.07, 6.45) is 1.56. The van der Waals surface area contributed by atoms with E-state index >= 15 is 0 Å². The van der Waals surface area contributed by atoms with Crippen molar-refractivity contribution in [2.24, 2.45) is 7.05 Å². The minimum absolute atomic E-state index is 0.0430. The van der Waals surface area contributed by atoms with Crippen molar-refractivity contribution in [3.63, 3.8) is 0 Å². The zero-order chi connectivity index (χ0) is 25.8. The van der Waals surface area contributed by atoms with Crippen molar-refractivity contribution in [3.05, 3.63) is 75.5 Å². The van der Waals surface area contributed by atoms with Crippen LogP contribution in [-0.2, 0) is 18.4 Å². The highest BCUT2D eigenvalue weighted by atomic mass is 35.5. The van der Waals surface area contributed by atoms with E-state index in [1.807, 2.05) is 23.1 Å². The molecule has 3 amide bonds. The molecule has 188 valence electrons. The Balaban J connectivity index is 1.44. The normalized spacial score (nSPS) is 13.9. The van der Waals surface area contributed by atoms with Gasteiger partial charge in [0.05, 0.1) is 16.4 Å². The number of carbonyl (C=O) groups is 3. The molecule has 1 aromatic heterocycles. The Bertz CT molecular complexity index is 1300. The van der Waals surface area contributed by atoms with Gasteiger partial charge in [-0.25, -0.2) is 0 Å². The predicted octanol–water partition coefficient (Wildman–Crippen LogP) is 3.90. The molecular weight excluding hydrogens is 503 g/mol. The minimum Gasteiger partial charge on any atom is -0.340 e. The second-order valence-electron chi connectivity index (χ2n) is 8.58. The van der Waals surface area contributed by atoms with Gasteiger partial charge in [0.1, 0.15) is 0 Å². The molecule has 2 aromatic carbocycles. The lowest BCUT2D eigenvalue weighted by atomic mass is 10.1. The topological polar surface area (TPSA) is 99.6 Å². The first-order valence-corrected chi connectivity index (χ1v) is 12.1. The molecule has 4 rings (SSSR count). The monoisotopic (exact) mass is 528 g/mol. The molecule has 0 atom stereocenters. The Morgan fingerprint density at radius 1 is 0.944 bits per heavy atom. The zero-order valence-electron chi connectivity index (χ0n) is 19.9. The molecular formula is C25H26Cl2N6O3. The van der Waals surface area contributed by atoms with E-state index in [9.17, 15) is 14.4 Å². The fourth-order valence-electron chi connectivity index (χ4n) is 4.01. The average Bonchev–Trinajstić information content (AvgIpc) is 3.22. The van der Waals surface area contributed by atoms with Gasteiger partial charge in [0.2, 0.25) is 5.91 Å². The predicted molar refractivity (Wildman–Crippen MR) is 140 cm³/mol. The van der Waals surface area contributed by atoms with Gasteiger partial charge in [-0.2, -0.15) is 5.10 Å². The van der Waals surface area contributed by atoms with Crippen molar-refractivity contribution >= 4 is 52.3 Å². The standard InChI is InChI=1S/C25H26Cl2N6O3/c1-16(34)33-10-8-32(9-11-33)14-17-4-3-5-18(12-17)24(35)29-22-15-31(2)30-23(22)25(36)28-21-13-19(26)6-7-20(21)27/h3-7,12-13,15H,8-11,14H2,1-2H3,(H,28,36)(H,29,35). The van der Waals surface area contributed by atoms with Crippen LogP contribution in [0.1, 0.15) is 33.3 Å². The number of anilines is 2. The van der Waals surface area contributed by atoms with E-state index in [2.05, 4.69) is 20.6 Å². The molecule has 3 aromatic rings. The molecule has 2 N–H and O–H groups in total. The van der Waals surface area contributed by atoms with Gasteiger partial charge in [-0.3, -0.25) is 24.0 Å². The van der Waals surface area contributed by atoms with Gasteiger partial charge >= 0.3 is 0 Å². The van der Waals surface area contributed by atoms with Crippen LogP contribution in [0, 0.1) is 0 Å². The molecule has 0 bridgehead atoms. The molecule has 0 saturated carbocycles.